The van der Waals surface area contributed by atoms with Crippen LogP contribution in [0.5, 0.6) is 5.75 Å². The zero-order valence-corrected chi connectivity index (χ0v) is 14.3. The van der Waals surface area contributed by atoms with Gasteiger partial charge in [-0.3, -0.25) is 0 Å². The molecule has 1 aliphatic rings. The summed E-state index contributed by atoms with van der Waals surface area (Å²) in [5, 5.41) is 11.9. The van der Waals surface area contributed by atoms with Crippen molar-refractivity contribution in [3.05, 3.63) is 36.4 Å². The van der Waals surface area contributed by atoms with E-state index in [4.69, 9.17) is 9.31 Å². The van der Waals surface area contributed by atoms with Crippen molar-refractivity contribution in [3.8, 4) is 5.75 Å². The first-order valence-corrected chi connectivity index (χ1v) is 7.87. The molecule has 1 heterocycles. The highest BCUT2D eigenvalue weighted by molar-refractivity contribution is 6.65. The molecule has 1 aliphatic heterocycles. The zero-order valence-electron chi connectivity index (χ0n) is 14.3. The van der Waals surface area contributed by atoms with Crippen molar-refractivity contribution in [3.63, 3.8) is 0 Å². The first kappa shape index (κ1) is 16.8. The highest BCUT2D eigenvalue weighted by atomic mass is 16.7. The fourth-order valence-corrected chi connectivity index (χ4v) is 2.49. The Kier molecular flexibility index (Phi) is 4.55. The molecule has 118 valence electrons. The number of benzene rings is 2. The van der Waals surface area contributed by atoms with Crippen LogP contribution in [0.2, 0.25) is 0 Å². The van der Waals surface area contributed by atoms with Gasteiger partial charge >= 0.3 is 7.12 Å². The topological polar surface area (TPSA) is 38.7 Å². The Morgan fingerprint density at radius 3 is 2.05 bits per heavy atom. The third kappa shape index (κ3) is 2.86. The van der Waals surface area contributed by atoms with Crippen LogP contribution >= 0.6 is 0 Å². The van der Waals surface area contributed by atoms with E-state index >= 15 is 0 Å². The SMILES string of the molecule is CC.CC1(C)OB(c2cc(O)cc3ccccc23)OC1(C)C. The van der Waals surface area contributed by atoms with Crippen molar-refractivity contribution >= 4 is 23.4 Å². The van der Waals surface area contributed by atoms with Gasteiger partial charge < -0.3 is 14.4 Å². The number of fused-ring (bicyclic) bond motifs is 1. The maximum absolute atomic E-state index is 9.92. The largest absolute Gasteiger partial charge is 0.508 e. The van der Waals surface area contributed by atoms with E-state index in [1.807, 2.05) is 65.8 Å². The summed E-state index contributed by atoms with van der Waals surface area (Å²) in [4.78, 5) is 0. The number of hydrogen-bond donors (Lipinski definition) is 1. The van der Waals surface area contributed by atoms with Crippen molar-refractivity contribution in [1.29, 1.82) is 0 Å². The average molecular weight is 300 g/mol. The van der Waals surface area contributed by atoms with Crippen LogP contribution in [0.15, 0.2) is 36.4 Å². The second-order valence-corrected chi connectivity index (χ2v) is 6.34. The third-order valence-electron chi connectivity index (χ3n) is 4.39. The van der Waals surface area contributed by atoms with Gasteiger partial charge in [-0.05, 0) is 56.1 Å². The van der Waals surface area contributed by atoms with Crippen LogP contribution in [-0.4, -0.2) is 23.4 Å². The molecule has 0 radical (unpaired) electrons. The second-order valence-electron chi connectivity index (χ2n) is 6.34. The first-order chi connectivity index (χ1) is 10.3. The van der Waals surface area contributed by atoms with Crippen LogP contribution < -0.4 is 5.46 Å². The smallest absolute Gasteiger partial charge is 0.495 e. The Hall–Kier alpha value is -1.52. The van der Waals surface area contributed by atoms with Crippen LogP contribution in [0.4, 0.5) is 0 Å². The molecule has 2 aromatic carbocycles. The van der Waals surface area contributed by atoms with E-state index in [-0.39, 0.29) is 17.0 Å². The summed E-state index contributed by atoms with van der Waals surface area (Å²) in [6.07, 6.45) is 0. The van der Waals surface area contributed by atoms with Crippen molar-refractivity contribution in [2.24, 2.45) is 0 Å². The summed E-state index contributed by atoms with van der Waals surface area (Å²) in [6.45, 7) is 12.1. The van der Waals surface area contributed by atoms with E-state index < -0.39 is 7.12 Å². The van der Waals surface area contributed by atoms with Gasteiger partial charge in [-0.15, -0.1) is 0 Å². The highest BCUT2D eigenvalue weighted by Crippen LogP contribution is 2.37. The molecular weight excluding hydrogens is 275 g/mol. The molecule has 0 amide bonds. The Balaban J connectivity index is 0.000000847. The van der Waals surface area contributed by atoms with Crippen LogP contribution in [0, 0.1) is 0 Å². The summed E-state index contributed by atoms with van der Waals surface area (Å²) < 4.78 is 12.2. The molecule has 3 nitrogen and oxygen atoms in total. The van der Waals surface area contributed by atoms with Gasteiger partial charge in [0.05, 0.1) is 11.2 Å². The number of phenolic OH excluding ortho intramolecular Hbond substituents is 1. The third-order valence-corrected chi connectivity index (χ3v) is 4.39. The van der Waals surface area contributed by atoms with E-state index in [1.165, 1.54) is 0 Å². The summed E-state index contributed by atoms with van der Waals surface area (Å²) >= 11 is 0. The molecule has 0 aliphatic carbocycles. The Morgan fingerprint density at radius 1 is 0.909 bits per heavy atom. The van der Waals surface area contributed by atoms with Crippen LogP contribution in [0.3, 0.4) is 0 Å². The Morgan fingerprint density at radius 2 is 1.45 bits per heavy atom. The molecule has 0 atom stereocenters. The van der Waals surface area contributed by atoms with Crippen LogP contribution in [0.1, 0.15) is 41.5 Å². The van der Waals surface area contributed by atoms with Crippen molar-refractivity contribution < 1.29 is 14.4 Å². The maximum Gasteiger partial charge on any atom is 0.495 e. The molecule has 0 saturated carbocycles. The minimum Gasteiger partial charge on any atom is -0.508 e. The monoisotopic (exact) mass is 300 g/mol. The molecule has 0 unspecified atom stereocenters. The molecule has 0 spiro atoms. The van der Waals surface area contributed by atoms with Gasteiger partial charge in [-0.25, -0.2) is 0 Å². The molecule has 0 bridgehead atoms. The lowest BCUT2D eigenvalue weighted by Crippen LogP contribution is -2.41. The first-order valence-electron chi connectivity index (χ1n) is 7.87. The predicted molar refractivity (Wildman–Crippen MR) is 92.7 cm³/mol. The quantitative estimate of drug-likeness (QED) is 0.813. The van der Waals surface area contributed by atoms with E-state index in [2.05, 4.69) is 0 Å². The summed E-state index contributed by atoms with van der Waals surface area (Å²) in [6, 6.07) is 11.4. The van der Waals surface area contributed by atoms with E-state index in [9.17, 15) is 5.11 Å². The fraction of sp³-hybridized carbons (Fsp3) is 0.444. The van der Waals surface area contributed by atoms with Gasteiger partial charge in [-0.2, -0.15) is 0 Å². The summed E-state index contributed by atoms with van der Waals surface area (Å²) in [7, 11) is -0.461. The molecule has 1 fully saturated rings. The lowest BCUT2D eigenvalue weighted by atomic mass is 9.76. The van der Waals surface area contributed by atoms with Crippen molar-refractivity contribution in [2.75, 3.05) is 0 Å². The average Bonchev–Trinajstić information content (AvgIpc) is 2.68. The standard InChI is InChI=1S/C16H19BO3.C2H6/c1-15(2)16(3,4)20-17(19-15)14-10-12(18)9-11-7-5-6-8-13(11)14;1-2/h5-10,18H,1-4H3;1-2H3. The molecule has 4 heteroatoms. The van der Waals surface area contributed by atoms with Gasteiger partial charge in [0.1, 0.15) is 5.75 Å². The number of hydrogen-bond acceptors (Lipinski definition) is 3. The lowest BCUT2D eigenvalue weighted by molar-refractivity contribution is 0.00578. The van der Waals surface area contributed by atoms with Crippen LogP contribution in [-0.2, 0) is 9.31 Å². The second kappa shape index (κ2) is 5.94. The molecule has 22 heavy (non-hydrogen) atoms. The molecule has 1 N–H and O–H groups in total. The van der Waals surface area contributed by atoms with Gasteiger partial charge in [0.25, 0.3) is 0 Å². The number of rotatable bonds is 1. The van der Waals surface area contributed by atoms with Gasteiger partial charge in [0, 0.05) is 0 Å². The highest BCUT2D eigenvalue weighted by Gasteiger charge is 2.52. The molecule has 0 aromatic heterocycles. The van der Waals surface area contributed by atoms with Crippen LogP contribution in [0.25, 0.3) is 10.8 Å². The predicted octanol–water partition coefficient (Wildman–Crippen LogP) is 3.87. The van der Waals surface area contributed by atoms with Gasteiger partial charge in [0.2, 0.25) is 0 Å². The summed E-state index contributed by atoms with van der Waals surface area (Å²) in [5.74, 6) is 0.230. The minimum atomic E-state index is -0.461. The molecule has 3 rings (SSSR count). The van der Waals surface area contributed by atoms with Gasteiger partial charge in [0.15, 0.2) is 0 Å². The molecular formula is C18H25BO3. The van der Waals surface area contributed by atoms with E-state index in [0.717, 1.165) is 16.2 Å². The van der Waals surface area contributed by atoms with Crippen molar-refractivity contribution in [1.82, 2.24) is 0 Å². The number of phenols is 1. The fourth-order valence-electron chi connectivity index (χ4n) is 2.49. The molecule has 2 aromatic rings. The Labute approximate surface area is 133 Å². The van der Waals surface area contributed by atoms with Crippen molar-refractivity contribution in [2.45, 2.75) is 52.7 Å². The maximum atomic E-state index is 9.92. The minimum absolute atomic E-state index is 0.230. The lowest BCUT2D eigenvalue weighted by Gasteiger charge is -2.32. The number of aromatic hydroxyl groups is 1. The zero-order chi connectivity index (χ0) is 16.5. The molecule has 1 saturated heterocycles. The summed E-state index contributed by atoms with van der Waals surface area (Å²) in [5.41, 5.74) is 0.105. The normalized spacial score (nSPS) is 18.9. The van der Waals surface area contributed by atoms with E-state index in [1.54, 1.807) is 12.1 Å². The van der Waals surface area contributed by atoms with Gasteiger partial charge in [-0.1, -0.05) is 38.1 Å². The van der Waals surface area contributed by atoms with E-state index in [0.29, 0.717) is 0 Å². The Bertz CT molecular complexity index is 648.